The molecule has 1 aromatic carbocycles. The largest absolute Gasteiger partial charge is 0.462 e. The fourth-order valence-corrected chi connectivity index (χ4v) is 2.19. The smallest absolute Gasteiger partial charge is 0.338 e. The van der Waals surface area contributed by atoms with E-state index in [0.717, 1.165) is 0 Å². The van der Waals surface area contributed by atoms with Crippen molar-refractivity contribution < 1.29 is 14.3 Å². The SMILES string of the molecule is C#CC1CC(=O)N(c2ccc(C(=O)OCC)cc2N)C1. The maximum Gasteiger partial charge on any atom is 0.338 e. The van der Waals surface area contributed by atoms with Gasteiger partial charge in [-0.3, -0.25) is 4.79 Å². The molecule has 1 fully saturated rings. The molecule has 0 bridgehead atoms. The summed E-state index contributed by atoms with van der Waals surface area (Å²) in [7, 11) is 0. The van der Waals surface area contributed by atoms with Crippen molar-refractivity contribution in [2.75, 3.05) is 23.8 Å². The molecule has 5 nitrogen and oxygen atoms in total. The zero-order valence-corrected chi connectivity index (χ0v) is 11.3. The monoisotopic (exact) mass is 272 g/mol. The second-order valence-corrected chi connectivity index (χ2v) is 4.57. The summed E-state index contributed by atoms with van der Waals surface area (Å²) in [6.45, 7) is 2.49. The highest BCUT2D eigenvalue weighted by Gasteiger charge is 2.30. The average molecular weight is 272 g/mol. The molecule has 2 rings (SSSR count). The molecule has 20 heavy (non-hydrogen) atoms. The molecular weight excluding hydrogens is 256 g/mol. The van der Waals surface area contributed by atoms with Crippen molar-refractivity contribution in [2.45, 2.75) is 13.3 Å². The van der Waals surface area contributed by atoms with Gasteiger partial charge < -0.3 is 15.4 Å². The number of anilines is 2. The molecule has 1 aliphatic rings. The van der Waals surface area contributed by atoms with Gasteiger partial charge in [0.1, 0.15) is 0 Å². The van der Waals surface area contributed by atoms with Crippen LogP contribution >= 0.6 is 0 Å². The number of esters is 1. The van der Waals surface area contributed by atoms with Crippen LogP contribution in [-0.2, 0) is 9.53 Å². The maximum atomic E-state index is 11.9. The maximum absolute atomic E-state index is 11.9. The van der Waals surface area contributed by atoms with Crippen molar-refractivity contribution in [1.29, 1.82) is 0 Å². The molecule has 104 valence electrons. The van der Waals surface area contributed by atoms with Gasteiger partial charge in [-0.05, 0) is 25.1 Å². The van der Waals surface area contributed by atoms with Gasteiger partial charge in [0.05, 0.1) is 23.5 Å². The van der Waals surface area contributed by atoms with E-state index in [1.807, 2.05) is 0 Å². The van der Waals surface area contributed by atoms with Gasteiger partial charge >= 0.3 is 5.97 Å². The molecule has 0 radical (unpaired) electrons. The summed E-state index contributed by atoms with van der Waals surface area (Å²) >= 11 is 0. The molecule has 0 aliphatic carbocycles. The zero-order valence-electron chi connectivity index (χ0n) is 11.3. The highest BCUT2D eigenvalue weighted by atomic mass is 16.5. The van der Waals surface area contributed by atoms with E-state index >= 15 is 0 Å². The Kier molecular flexibility index (Phi) is 3.94. The quantitative estimate of drug-likeness (QED) is 0.513. The summed E-state index contributed by atoms with van der Waals surface area (Å²) in [4.78, 5) is 25.1. The number of terminal acetylenes is 1. The van der Waals surface area contributed by atoms with E-state index in [1.165, 1.54) is 6.07 Å². The zero-order chi connectivity index (χ0) is 14.7. The second kappa shape index (κ2) is 5.66. The first-order chi connectivity index (χ1) is 9.56. The fraction of sp³-hybridized carbons (Fsp3) is 0.333. The highest BCUT2D eigenvalue weighted by Crippen LogP contribution is 2.30. The fourth-order valence-electron chi connectivity index (χ4n) is 2.19. The van der Waals surface area contributed by atoms with Crippen LogP contribution in [0.3, 0.4) is 0 Å². The molecule has 0 aromatic heterocycles. The predicted molar refractivity (Wildman–Crippen MR) is 76.1 cm³/mol. The van der Waals surface area contributed by atoms with Gasteiger partial charge in [-0.25, -0.2) is 4.79 Å². The first kappa shape index (κ1) is 13.9. The molecule has 1 heterocycles. The number of hydrogen-bond donors (Lipinski definition) is 1. The number of nitrogens with two attached hydrogens (primary N) is 1. The van der Waals surface area contributed by atoms with Crippen LogP contribution in [-0.4, -0.2) is 25.0 Å². The molecule has 1 atom stereocenters. The molecule has 1 aromatic rings. The van der Waals surface area contributed by atoms with Gasteiger partial charge in [0.2, 0.25) is 5.91 Å². The molecule has 1 saturated heterocycles. The van der Waals surface area contributed by atoms with E-state index in [1.54, 1.807) is 24.0 Å². The van der Waals surface area contributed by atoms with Crippen molar-refractivity contribution in [3.63, 3.8) is 0 Å². The number of carbonyl (C=O) groups excluding carboxylic acids is 2. The third-order valence-electron chi connectivity index (χ3n) is 3.19. The Morgan fingerprint density at radius 2 is 2.35 bits per heavy atom. The Labute approximate surface area is 117 Å². The van der Waals surface area contributed by atoms with E-state index in [-0.39, 0.29) is 11.8 Å². The van der Waals surface area contributed by atoms with Crippen molar-refractivity contribution >= 4 is 23.3 Å². The Balaban J connectivity index is 2.25. The minimum absolute atomic E-state index is 0.0523. The van der Waals surface area contributed by atoms with Crippen LogP contribution < -0.4 is 10.6 Å². The number of hydrogen-bond acceptors (Lipinski definition) is 4. The van der Waals surface area contributed by atoms with Crippen LogP contribution in [0.25, 0.3) is 0 Å². The summed E-state index contributed by atoms with van der Waals surface area (Å²) in [5, 5.41) is 0. The molecule has 1 aliphatic heterocycles. The lowest BCUT2D eigenvalue weighted by Crippen LogP contribution is -2.25. The average Bonchev–Trinajstić information content (AvgIpc) is 2.80. The minimum atomic E-state index is -0.431. The highest BCUT2D eigenvalue weighted by molar-refractivity contribution is 6.00. The third kappa shape index (κ3) is 2.59. The number of nitrogen functional groups attached to an aromatic ring is 1. The molecular formula is C15H16N2O3. The van der Waals surface area contributed by atoms with Crippen LogP contribution in [0.1, 0.15) is 23.7 Å². The lowest BCUT2D eigenvalue weighted by molar-refractivity contribution is -0.117. The molecule has 0 saturated carbocycles. The lowest BCUT2D eigenvalue weighted by atomic mass is 10.1. The van der Waals surface area contributed by atoms with Crippen LogP contribution in [0.4, 0.5) is 11.4 Å². The van der Waals surface area contributed by atoms with Crippen LogP contribution in [0.5, 0.6) is 0 Å². The molecule has 1 unspecified atom stereocenters. The van der Waals surface area contributed by atoms with E-state index in [4.69, 9.17) is 16.9 Å². The lowest BCUT2D eigenvalue weighted by Gasteiger charge is -2.18. The molecule has 1 amide bonds. The van der Waals surface area contributed by atoms with E-state index < -0.39 is 5.97 Å². The van der Waals surface area contributed by atoms with E-state index in [0.29, 0.717) is 36.5 Å². The van der Waals surface area contributed by atoms with Gasteiger partial charge in [0.25, 0.3) is 0 Å². The van der Waals surface area contributed by atoms with Crippen molar-refractivity contribution in [1.82, 2.24) is 0 Å². The number of carbonyl (C=O) groups is 2. The minimum Gasteiger partial charge on any atom is -0.462 e. The topological polar surface area (TPSA) is 72.6 Å². The van der Waals surface area contributed by atoms with Gasteiger partial charge in [-0.2, -0.15) is 0 Å². The summed E-state index contributed by atoms with van der Waals surface area (Å²) in [6.07, 6.45) is 5.68. The molecule has 5 heteroatoms. The number of amides is 1. The Bertz CT molecular complexity index is 589. The first-order valence-corrected chi connectivity index (χ1v) is 6.40. The van der Waals surface area contributed by atoms with E-state index in [2.05, 4.69) is 5.92 Å². The van der Waals surface area contributed by atoms with E-state index in [9.17, 15) is 9.59 Å². The van der Waals surface area contributed by atoms with Crippen LogP contribution in [0, 0.1) is 18.3 Å². The number of ether oxygens (including phenoxy) is 1. The standard InChI is InChI=1S/C15H16N2O3/c1-3-10-7-14(18)17(9-10)13-6-5-11(8-12(13)16)15(19)20-4-2/h1,5-6,8,10H,4,7,9,16H2,2H3. The van der Waals surface area contributed by atoms with Crippen LogP contribution in [0.15, 0.2) is 18.2 Å². The van der Waals surface area contributed by atoms with Gasteiger partial charge in [-0.1, -0.05) is 0 Å². The summed E-state index contributed by atoms with van der Waals surface area (Å²) < 4.78 is 4.90. The number of nitrogens with zero attached hydrogens (tertiary/aromatic N) is 1. The van der Waals surface area contributed by atoms with Gasteiger partial charge in [0, 0.05) is 18.9 Å². The summed E-state index contributed by atoms with van der Waals surface area (Å²) in [6, 6.07) is 4.77. The van der Waals surface area contributed by atoms with Gasteiger partial charge in [0.15, 0.2) is 0 Å². The van der Waals surface area contributed by atoms with Crippen molar-refractivity contribution in [3.05, 3.63) is 23.8 Å². The van der Waals surface area contributed by atoms with Crippen molar-refractivity contribution in [2.24, 2.45) is 5.92 Å². The normalized spacial score (nSPS) is 17.9. The van der Waals surface area contributed by atoms with Crippen molar-refractivity contribution in [3.8, 4) is 12.3 Å². The number of rotatable bonds is 3. The summed E-state index contributed by atoms with van der Waals surface area (Å²) in [5.41, 5.74) is 7.25. The molecule has 0 spiro atoms. The molecule has 2 N–H and O–H groups in total. The Morgan fingerprint density at radius 3 is 2.90 bits per heavy atom. The number of benzene rings is 1. The predicted octanol–water partition coefficient (Wildman–Crippen LogP) is 1.43. The third-order valence-corrected chi connectivity index (χ3v) is 3.19. The Hall–Kier alpha value is -2.48. The second-order valence-electron chi connectivity index (χ2n) is 4.57. The van der Waals surface area contributed by atoms with Crippen LogP contribution in [0.2, 0.25) is 0 Å². The Morgan fingerprint density at radius 1 is 1.60 bits per heavy atom. The van der Waals surface area contributed by atoms with Gasteiger partial charge in [-0.15, -0.1) is 12.3 Å². The summed E-state index contributed by atoms with van der Waals surface area (Å²) in [5.74, 6) is 2.01. The first-order valence-electron chi connectivity index (χ1n) is 6.40.